The van der Waals surface area contributed by atoms with Gasteiger partial charge in [-0.1, -0.05) is 13.0 Å². The van der Waals surface area contributed by atoms with Gasteiger partial charge in [-0.2, -0.15) is 0 Å². The lowest BCUT2D eigenvalue weighted by molar-refractivity contribution is 0.256. The molecule has 0 fully saturated rings. The number of hydrogen-bond donors (Lipinski definition) is 1. The standard InChI is InChI=1S/C16H20FNO2/c1-4-18-9-13-8-14(20-12(13)3)10-19-16-7-11(2)5-6-15(16)17/h5-8,18H,4,9-10H2,1-3H3. The molecule has 20 heavy (non-hydrogen) atoms. The molecule has 0 atom stereocenters. The van der Waals surface area contributed by atoms with Gasteiger partial charge in [-0.25, -0.2) is 4.39 Å². The van der Waals surface area contributed by atoms with Gasteiger partial charge in [0.1, 0.15) is 18.1 Å². The fourth-order valence-corrected chi connectivity index (χ4v) is 1.96. The zero-order chi connectivity index (χ0) is 14.5. The predicted molar refractivity (Wildman–Crippen MR) is 76.3 cm³/mol. The summed E-state index contributed by atoms with van der Waals surface area (Å²) in [5.74, 6) is 1.48. The maximum Gasteiger partial charge on any atom is 0.165 e. The zero-order valence-electron chi connectivity index (χ0n) is 12.1. The number of halogens is 1. The predicted octanol–water partition coefficient (Wildman–Crippen LogP) is 3.72. The highest BCUT2D eigenvalue weighted by Crippen LogP contribution is 2.21. The Hall–Kier alpha value is -1.81. The monoisotopic (exact) mass is 277 g/mol. The average molecular weight is 277 g/mol. The minimum Gasteiger partial charge on any atom is -0.483 e. The molecular formula is C16H20FNO2. The first-order valence-corrected chi connectivity index (χ1v) is 6.78. The number of rotatable bonds is 6. The third-order valence-corrected chi connectivity index (χ3v) is 3.09. The first-order chi connectivity index (χ1) is 9.60. The minimum atomic E-state index is -0.355. The van der Waals surface area contributed by atoms with E-state index in [0.717, 1.165) is 30.0 Å². The van der Waals surface area contributed by atoms with E-state index in [4.69, 9.17) is 9.15 Å². The maximum atomic E-state index is 13.6. The molecule has 0 saturated carbocycles. The maximum absolute atomic E-state index is 13.6. The molecule has 1 aromatic carbocycles. The van der Waals surface area contributed by atoms with Gasteiger partial charge in [0, 0.05) is 12.1 Å². The Labute approximate surface area is 118 Å². The van der Waals surface area contributed by atoms with Crippen LogP contribution in [0.3, 0.4) is 0 Å². The highest BCUT2D eigenvalue weighted by molar-refractivity contribution is 5.29. The summed E-state index contributed by atoms with van der Waals surface area (Å²) >= 11 is 0. The van der Waals surface area contributed by atoms with Crippen molar-refractivity contribution in [2.45, 2.75) is 33.9 Å². The third-order valence-electron chi connectivity index (χ3n) is 3.09. The molecule has 4 heteroatoms. The summed E-state index contributed by atoms with van der Waals surface area (Å²) in [6.45, 7) is 7.78. The molecule has 0 unspecified atom stereocenters. The molecule has 108 valence electrons. The molecular weight excluding hydrogens is 257 g/mol. The van der Waals surface area contributed by atoms with E-state index in [1.165, 1.54) is 6.07 Å². The highest BCUT2D eigenvalue weighted by Gasteiger charge is 2.09. The second-order valence-corrected chi connectivity index (χ2v) is 4.80. The molecule has 0 radical (unpaired) electrons. The fraction of sp³-hybridized carbons (Fsp3) is 0.375. The van der Waals surface area contributed by atoms with E-state index in [1.54, 1.807) is 12.1 Å². The van der Waals surface area contributed by atoms with E-state index in [2.05, 4.69) is 12.2 Å². The van der Waals surface area contributed by atoms with Crippen molar-refractivity contribution >= 4 is 0 Å². The summed E-state index contributed by atoms with van der Waals surface area (Å²) in [5, 5.41) is 3.25. The van der Waals surface area contributed by atoms with Crippen molar-refractivity contribution in [1.82, 2.24) is 5.32 Å². The topological polar surface area (TPSA) is 34.4 Å². The highest BCUT2D eigenvalue weighted by atomic mass is 19.1. The van der Waals surface area contributed by atoms with E-state index in [-0.39, 0.29) is 18.2 Å². The number of furan rings is 1. The molecule has 1 N–H and O–H groups in total. The van der Waals surface area contributed by atoms with E-state index < -0.39 is 0 Å². The van der Waals surface area contributed by atoms with Crippen LogP contribution in [0.1, 0.15) is 29.6 Å². The van der Waals surface area contributed by atoms with E-state index in [9.17, 15) is 4.39 Å². The summed E-state index contributed by atoms with van der Waals surface area (Å²) in [6.07, 6.45) is 0. The lowest BCUT2D eigenvalue weighted by Crippen LogP contribution is -2.11. The molecule has 2 rings (SSSR count). The van der Waals surface area contributed by atoms with Gasteiger partial charge >= 0.3 is 0 Å². The molecule has 3 nitrogen and oxygen atoms in total. The molecule has 1 aromatic heterocycles. The molecule has 0 spiro atoms. The Morgan fingerprint density at radius 1 is 1.25 bits per heavy atom. The van der Waals surface area contributed by atoms with Crippen molar-refractivity contribution in [1.29, 1.82) is 0 Å². The van der Waals surface area contributed by atoms with Crippen LogP contribution in [0, 0.1) is 19.7 Å². The van der Waals surface area contributed by atoms with Crippen molar-refractivity contribution in [3.8, 4) is 5.75 Å². The quantitative estimate of drug-likeness (QED) is 0.873. The smallest absolute Gasteiger partial charge is 0.165 e. The van der Waals surface area contributed by atoms with Crippen LogP contribution in [0.2, 0.25) is 0 Å². The lowest BCUT2D eigenvalue weighted by Gasteiger charge is -2.06. The Bertz CT molecular complexity index is 578. The molecule has 2 aromatic rings. The van der Waals surface area contributed by atoms with Gasteiger partial charge in [-0.15, -0.1) is 0 Å². The molecule has 0 aliphatic heterocycles. The summed E-state index contributed by atoms with van der Waals surface area (Å²) < 4.78 is 24.7. The van der Waals surface area contributed by atoms with Crippen molar-refractivity contribution < 1.29 is 13.5 Å². The Balaban J connectivity index is 2.02. The van der Waals surface area contributed by atoms with Gasteiger partial charge in [0.15, 0.2) is 11.6 Å². The number of benzene rings is 1. The molecule has 0 aliphatic carbocycles. The van der Waals surface area contributed by atoms with E-state index in [1.807, 2.05) is 19.9 Å². The van der Waals surface area contributed by atoms with Crippen LogP contribution in [-0.4, -0.2) is 6.54 Å². The first kappa shape index (κ1) is 14.6. The van der Waals surface area contributed by atoms with Crippen molar-refractivity contribution in [2.75, 3.05) is 6.54 Å². The van der Waals surface area contributed by atoms with Gasteiger partial charge in [-0.3, -0.25) is 0 Å². The normalized spacial score (nSPS) is 10.8. The van der Waals surface area contributed by atoms with Crippen LogP contribution >= 0.6 is 0 Å². The van der Waals surface area contributed by atoms with Crippen LogP contribution < -0.4 is 10.1 Å². The van der Waals surface area contributed by atoms with Crippen molar-refractivity contribution in [2.24, 2.45) is 0 Å². The van der Waals surface area contributed by atoms with Crippen LogP contribution in [0.15, 0.2) is 28.7 Å². The van der Waals surface area contributed by atoms with E-state index in [0.29, 0.717) is 5.76 Å². The number of aryl methyl sites for hydroxylation is 2. The summed E-state index contributed by atoms with van der Waals surface area (Å²) in [5.41, 5.74) is 2.07. The van der Waals surface area contributed by atoms with Crippen LogP contribution in [0.4, 0.5) is 4.39 Å². The van der Waals surface area contributed by atoms with Gasteiger partial charge < -0.3 is 14.5 Å². The molecule has 0 saturated heterocycles. The van der Waals surface area contributed by atoms with Crippen molar-refractivity contribution in [3.05, 3.63) is 52.7 Å². The number of hydrogen-bond acceptors (Lipinski definition) is 3. The summed E-state index contributed by atoms with van der Waals surface area (Å²) in [4.78, 5) is 0. The summed E-state index contributed by atoms with van der Waals surface area (Å²) in [7, 11) is 0. The van der Waals surface area contributed by atoms with Crippen molar-refractivity contribution in [3.63, 3.8) is 0 Å². The molecule has 1 heterocycles. The lowest BCUT2D eigenvalue weighted by atomic mass is 10.2. The number of nitrogens with one attached hydrogen (secondary N) is 1. The fourth-order valence-electron chi connectivity index (χ4n) is 1.96. The van der Waals surface area contributed by atoms with Crippen LogP contribution in [-0.2, 0) is 13.2 Å². The Morgan fingerprint density at radius 2 is 2.05 bits per heavy atom. The zero-order valence-corrected chi connectivity index (χ0v) is 12.1. The van der Waals surface area contributed by atoms with E-state index >= 15 is 0 Å². The van der Waals surface area contributed by atoms with Gasteiger partial charge in [0.05, 0.1) is 0 Å². The van der Waals surface area contributed by atoms with Gasteiger partial charge in [0.25, 0.3) is 0 Å². The number of ether oxygens (including phenoxy) is 1. The Morgan fingerprint density at radius 3 is 2.80 bits per heavy atom. The molecule has 0 amide bonds. The van der Waals surface area contributed by atoms with Gasteiger partial charge in [-0.05, 0) is 44.2 Å². The molecule has 0 aliphatic rings. The molecule has 0 bridgehead atoms. The average Bonchev–Trinajstić information content (AvgIpc) is 2.78. The second-order valence-electron chi connectivity index (χ2n) is 4.80. The van der Waals surface area contributed by atoms with Gasteiger partial charge in [0.2, 0.25) is 0 Å². The van der Waals surface area contributed by atoms with Crippen LogP contribution in [0.5, 0.6) is 5.75 Å². The largest absolute Gasteiger partial charge is 0.483 e. The van der Waals surface area contributed by atoms with Crippen LogP contribution in [0.25, 0.3) is 0 Å². The SMILES string of the molecule is CCNCc1cc(COc2cc(C)ccc2F)oc1C. The summed E-state index contributed by atoms with van der Waals surface area (Å²) in [6, 6.07) is 6.76. The third kappa shape index (κ3) is 3.61. The second kappa shape index (κ2) is 6.57. The first-order valence-electron chi connectivity index (χ1n) is 6.78. The minimum absolute atomic E-state index is 0.230. The Kier molecular flexibility index (Phi) is 4.79.